The summed E-state index contributed by atoms with van der Waals surface area (Å²) < 4.78 is -0.665. The zero-order chi connectivity index (χ0) is 36.9. The molecule has 2 aliphatic heterocycles. The molecule has 2 aliphatic rings. The van der Waals surface area contributed by atoms with E-state index in [9.17, 15) is 29.4 Å². The van der Waals surface area contributed by atoms with Crippen molar-refractivity contribution in [3.8, 4) is 0 Å². The Morgan fingerprint density at radius 2 is 1.16 bits per heavy atom. The largest absolute Gasteiger partial charge is 0.481 e. The minimum Gasteiger partial charge on any atom is -0.481 e. The number of carbonyl (C=O) groups excluding carboxylic acids is 2. The molecule has 3 aromatic rings. The van der Waals surface area contributed by atoms with Gasteiger partial charge in [-0.2, -0.15) is 0 Å². The van der Waals surface area contributed by atoms with Crippen molar-refractivity contribution in [3.05, 3.63) is 70.3 Å². The van der Waals surface area contributed by atoms with E-state index in [4.69, 9.17) is 15.7 Å². The molecule has 3 amide bonds. The average Bonchev–Trinajstić information content (AvgIpc) is 3.74. The van der Waals surface area contributed by atoms with Crippen LogP contribution in [0.4, 0.5) is 4.79 Å². The summed E-state index contributed by atoms with van der Waals surface area (Å²) >= 11 is 3.26. The van der Waals surface area contributed by atoms with Crippen molar-refractivity contribution < 1.29 is 29.4 Å². The summed E-state index contributed by atoms with van der Waals surface area (Å²) in [6.45, 7) is 11.7. The molecule has 0 fully saturated rings. The summed E-state index contributed by atoms with van der Waals surface area (Å²) in [5.41, 5.74) is 17.2. The number of aryl methyl sites for hydroxylation is 2. The van der Waals surface area contributed by atoms with Gasteiger partial charge in [0.15, 0.2) is 0 Å². The molecule has 5 rings (SSSR count). The van der Waals surface area contributed by atoms with Crippen LogP contribution >= 0.6 is 15.9 Å². The van der Waals surface area contributed by atoms with Gasteiger partial charge in [-0.25, -0.2) is 14.8 Å². The molecule has 12 nitrogen and oxygen atoms in total. The van der Waals surface area contributed by atoms with Crippen LogP contribution in [0.15, 0.2) is 36.4 Å². The fourth-order valence-corrected chi connectivity index (χ4v) is 5.99. The molecule has 0 unspecified atom stereocenters. The number of aliphatic carboxylic acids is 2. The fourth-order valence-electron chi connectivity index (χ4n) is 5.89. The Balaban J connectivity index is 0.000000465. The molecule has 5 heterocycles. The van der Waals surface area contributed by atoms with Gasteiger partial charge in [-0.05, 0) is 123 Å². The van der Waals surface area contributed by atoms with Crippen molar-refractivity contribution in [2.75, 3.05) is 0 Å². The molecule has 3 radical (unpaired) electrons. The first-order valence-electron chi connectivity index (χ1n) is 16.4. The third kappa shape index (κ3) is 9.89. The van der Waals surface area contributed by atoms with E-state index in [1.54, 1.807) is 0 Å². The van der Waals surface area contributed by atoms with Crippen LogP contribution in [0.3, 0.4) is 0 Å². The normalized spacial score (nSPS) is 12.5. The number of halogens is 1. The van der Waals surface area contributed by atoms with Gasteiger partial charge in [0, 0.05) is 54.7 Å². The molecule has 0 saturated heterocycles. The SMILES string of the molecule is CC1=C(CCC(=O)O)c2cc3nc(cc4[nH]c(cc4C)cc4[nH]c(cc1n2)cc4C)C(C)=C3CCC(=O)O.CCC(Br)(CC)C(=O)NC(N)=O.[Ga]. The topological polar surface area (TPSA) is 204 Å². The predicted molar refractivity (Wildman–Crippen MR) is 205 cm³/mol. The van der Waals surface area contributed by atoms with Crippen molar-refractivity contribution in [1.82, 2.24) is 25.3 Å². The number of alkyl halides is 1. The number of amides is 3. The van der Waals surface area contributed by atoms with Crippen molar-refractivity contribution in [3.63, 3.8) is 0 Å². The second-order valence-electron chi connectivity index (χ2n) is 12.5. The van der Waals surface area contributed by atoms with E-state index in [0.29, 0.717) is 37.1 Å². The Morgan fingerprint density at radius 1 is 0.725 bits per heavy atom. The van der Waals surface area contributed by atoms with Crippen LogP contribution in [0.5, 0.6) is 0 Å². The van der Waals surface area contributed by atoms with Gasteiger partial charge < -0.3 is 25.9 Å². The van der Waals surface area contributed by atoms with Gasteiger partial charge in [0.05, 0.1) is 22.8 Å². The molecular weight excluding hydrogens is 774 g/mol. The number of rotatable bonds is 9. The standard InChI is InChI=1S/C30H30N4O4.C7H13BrN2O2.Ga/c1-15-9-20-12-25-17(3)21(5-7-29(35)36)27(33-25)14-28-22(6-8-30(37)38)18(4)26(34-28)13-24-16(2)10-19(32-24)11-23(15)31-20;1-3-7(8,4-2)5(11)10-6(9)12;/h9-14,31-32H,5-8H2,1-4H3,(H,35,36)(H,37,38);3-4H2,1-2H3,(H3,9,10,11,12);. The molecule has 0 saturated carbocycles. The van der Waals surface area contributed by atoms with Crippen LogP contribution in [-0.2, 0) is 14.4 Å². The number of aromatic amines is 2. The first kappa shape index (κ1) is 41.0. The van der Waals surface area contributed by atoms with E-state index >= 15 is 0 Å². The number of carbonyl (C=O) groups is 4. The molecule has 0 aromatic carbocycles. The zero-order valence-corrected chi connectivity index (χ0v) is 33.7. The summed E-state index contributed by atoms with van der Waals surface area (Å²) in [4.78, 5) is 61.2. The monoisotopic (exact) mass is 815 g/mol. The quantitative estimate of drug-likeness (QED) is 0.0955. The van der Waals surface area contributed by atoms with Gasteiger partial charge in [-0.3, -0.25) is 19.7 Å². The van der Waals surface area contributed by atoms with Gasteiger partial charge >= 0.3 is 18.0 Å². The average molecular weight is 817 g/mol. The maximum absolute atomic E-state index is 11.4. The molecule has 14 heteroatoms. The van der Waals surface area contributed by atoms with E-state index in [1.807, 2.05) is 58.1 Å². The fraction of sp³-hybridized carbons (Fsp3) is 0.351. The Hall–Kier alpha value is -4.40. The van der Waals surface area contributed by atoms with Gasteiger partial charge in [-0.15, -0.1) is 0 Å². The van der Waals surface area contributed by atoms with E-state index < -0.39 is 22.3 Å². The molecule has 8 bridgehead atoms. The summed E-state index contributed by atoms with van der Waals surface area (Å²) in [7, 11) is 0. The summed E-state index contributed by atoms with van der Waals surface area (Å²) in [5, 5.41) is 20.8. The number of hydrogen-bond donors (Lipinski definition) is 6. The van der Waals surface area contributed by atoms with Crippen molar-refractivity contribution in [2.24, 2.45) is 5.73 Å². The number of nitrogens with two attached hydrogens (primary N) is 1. The number of primary amides is 1. The Morgan fingerprint density at radius 3 is 1.59 bits per heavy atom. The Bertz CT molecular complexity index is 2090. The number of nitrogens with one attached hydrogen (secondary N) is 3. The number of carboxylic acids is 2. The molecular formula is C37H43BrGaN6O6. The van der Waals surface area contributed by atoms with Crippen LogP contribution in [0.2, 0.25) is 0 Å². The predicted octanol–water partition coefficient (Wildman–Crippen LogP) is 7.28. The van der Waals surface area contributed by atoms with Gasteiger partial charge in [-0.1, -0.05) is 29.8 Å². The van der Waals surface area contributed by atoms with Crippen LogP contribution in [0.1, 0.15) is 100 Å². The minimum absolute atomic E-state index is 0. The van der Waals surface area contributed by atoms with Crippen molar-refractivity contribution in [2.45, 2.75) is 84.4 Å². The molecule has 267 valence electrons. The summed E-state index contributed by atoms with van der Waals surface area (Å²) in [5.74, 6) is -2.12. The maximum Gasteiger partial charge on any atom is 0.318 e. The number of nitrogens with zero attached hydrogens (tertiary/aromatic N) is 2. The van der Waals surface area contributed by atoms with Crippen LogP contribution in [-0.4, -0.2) is 78.1 Å². The van der Waals surface area contributed by atoms with Crippen LogP contribution in [0, 0.1) is 13.8 Å². The Labute approximate surface area is 317 Å². The number of fused-ring (bicyclic) bond motifs is 8. The second-order valence-corrected chi connectivity index (χ2v) is 14.0. The van der Waals surface area contributed by atoms with Gasteiger partial charge in [0.2, 0.25) is 5.91 Å². The second kappa shape index (κ2) is 17.2. The van der Waals surface area contributed by atoms with Crippen LogP contribution < -0.4 is 11.1 Å². The minimum atomic E-state index is -0.873. The number of H-pyrrole nitrogens is 2. The zero-order valence-electron chi connectivity index (χ0n) is 29.7. The van der Waals surface area contributed by atoms with E-state index in [2.05, 4.69) is 51.0 Å². The first-order chi connectivity index (χ1) is 23.5. The number of carboxylic acid groups (broad SMARTS) is 2. The summed E-state index contributed by atoms with van der Waals surface area (Å²) in [6, 6.07) is 11.3. The molecule has 3 aromatic heterocycles. The number of allylic oxidation sites excluding steroid dienone is 4. The molecule has 0 aliphatic carbocycles. The number of imide groups is 1. The molecule has 7 N–H and O–H groups in total. The molecule has 0 atom stereocenters. The Kier molecular flexibility index (Phi) is 13.8. The van der Waals surface area contributed by atoms with Crippen molar-refractivity contribution >= 4 is 104 Å². The number of urea groups is 1. The molecule has 0 spiro atoms. The van der Waals surface area contributed by atoms with E-state index in [-0.39, 0.29) is 38.5 Å². The van der Waals surface area contributed by atoms with E-state index in [1.165, 1.54) is 0 Å². The number of aromatic nitrogens is 4. The first-order valence-corrected chi connectivity index (χ1v) is 17.2. The van der Waals surface area contributed by atoms with Crippen LogP contribution in [0.25, 0.3) is 44.4 Å². The van der Waals surface area contributed by atoms with Gasteiger partial charge in [0.1, 0.15) is 4.32 Å². The number of hydrogen-bond acceptors (Lipinski definition) is 6. The van der Waals surface area contributed by atoms with Crippen molar-refractivity contribution in [1.29, 1.82) is 0 Å². The third-order valence-corrected chi connectivity index (χ3v) is 10.5. The summed E-state index contributed by atoms with van der Waals surface area (Å²) in [6.07, 6.45) is 1.87. The van der Waals surface area contributed by atoms with Gasteiger partial charge in [0.25, 0.3) is 0 Å². The maximum atomic E-state index is 11.4. The van der Waals surface area contributed by atoms with E-state index in [0.717, 1.165) is 66.9 Å². The smallest absolute Gasteiger partial charge is 0.318 e. The molecule has 51 heavy (non-hydrogen) atoms. The third-order valence-electron chi connectivity index (χ3n) is 9.01.